The van der Waals surface area contributed by atoms with Crippen LogP contribution in [0.2, 0.25) is 0 Å². The summed E-state index contributed by atoms with van der Waals surface area (Å²) in [6, 6.07) is 11.0. The second kappa shape index (κ2) is 5.84. The van der Waals surface area contributed by atoms with Crippen molar-refractivity contribution < 1.29 is 9.90 Å². The van der Waals surface area contributed by atoms with Gasteiger partial charge in [-0.25, -0.2) is 9.78 Å². The molecule has 4 nitrogen and oxygen atoms in total. The molecular weight excluding hydrogens is 308 g/mol. The van der Waals surface area contributed by atoms with Crippen LogP contribution in [0, 0.1) is 0 Å². The van der Waals surface area contributed by atoms with E-state index in [1.54, 1.807) is 6.07 Å². The summed E-state index contributed by atoms with van der Waals surface area (Å²) in [7, 11) is 1.88. The van der Waals surface area contributed by atoms with Gasteiger partial charge in [-0.15, -0.1) is 0 Å². The second-order valence-electron chi connectivity index (χ2n) is 4.19. The van der Waals surface area contributed by atoms with Crippen molar-refractivity contribution >= 4 is 27.7 Å². The number of hydrogen-bond acceptors (Lipinski definition) is 3. The third-order valence-electron chi connectivity index (χ3n) is 2.69. The Morgan fingerprint density at radius 1 is 1.37 bits per heavy atom. The Labute approximate surface area is 119 Å². The van der Waals surface area contributed by atoms with Gasteiger partial charge in [0.25, 0.3) is 0 Å². The van der Waals surface area contributed by atoms with Crippen molar-refractivity contribution in [1.29, 1.82) is 0 Å². The SMILES string of the molecule is CN(Cc1cccc(Br)c1)c1cc(C(=O)O)ccn1. The molecular formula is C14H13BrN2O2. The Balaban J connectivity index is 2.18. The number of benzene rings is 1. The number of pyridine rings is 1. The molecule has 0 radical (unpaired) electrons. The number of anilines is 1. The first-order chi connectivity index (χ1) is 9.06. The van der Waals surface area contributed by atoms with Gasteiger partial charge in [0.2, 0.25) is 0 Å². The normalized spacial score (nSPS) is 10.2. The molecule has 1 aromatic carbocycles. The third kappa shape index (κ3) is 3.54. The molecule has 2 rings (SSSR count). The van der Waals surface area contributed by atoms with Gasteiger partial charge in [-0.05, 0) is 29.8 Å². The van der Waals surface area contributed by atoms with E-state index in [0.717, 1.165) is 10.0 Å². The van der Waals surface area contributed by atoms with Crippen LogP contribution in [0.4, 0.5) is 5.82 Å². The minimum Gasteiger partial charge on any atom is -0.478 e. The highest BCUT2D eigenvalue weighted by atomic mass is 79.9. The molecule has 0 unspecified atom stereocenters. The van der Waals surface area contributed by atoms with Gasteiger partial charge < -0.3 is 10.0 Å². The first kappa shape index (κ1) is 13.5. The van der Waals surface area contributed by atoms with E-state index in [1.807, 2.05) is 36.2 Å². The topological polar surface area (TPSA) is 53.4 Å². The lowest BCUT2D eigenvalue weighted by Gasteiger charge is -2.18. The minimum atomic E-state index is -0.945. The summed E-state index contributed by atoms with van der Waals surface area (Å²) >= 11 is 3.43. The van der Waals surface area contributed by atoms with Crippen molar-refractivity contribution in [2.75, 3.05) is 11.9 Å². The number of carbonyl (C=O) groups is 1. The zero-order valence-electron chi connectivity index (χ0n) is 10.4. The van der Waals surface area contributed by atoms with Crippen molar-refractivity contribution in [1.82, 2.24) is 4.98 Å². The maximum atomic E-state index is 10.9. The molecule has 5 heteroatoms. The fourth-order valence-corrected chi connectivity index (χ4v) is 2.20. The van der Waals surface area contributed by atoms with E-state index in [-0.39, 0.29) is 5.56 Å². The number of carboxylic acids is 1. The predicted octanol–water partition coefficient (Wildman–Crippen LogP) is 3.18. The number of carboxylic acid groups (broad SMARTS) is 1. The molecule has 1 heterocycles. The lowest BCUT2D eigenvalue weighted by atomic mass is 10.2. The van der Waals surface area contributed by atoms with Crippen LogP contribution in [0.1, 0.15) is 15.9 Å². The van der Waals surface area contributed by atoms with Crippen molar-refractivity contribution in [3.05, 3.63) is 58.2 Å². The Morgan fingerprint density at radius 3 is 2.84 bits per heavy atom. The van der Waals surface area contributed by atoms with Crippen molar-refractivity contribution in [3.63, 3.8) is 0 Å². The van der Waals surface area contributed by atoms with E-state index in [1.165, 1.54) is 12.3 Å². The smallest absolute Gasteiger partial charge is 0.335 e. The Kier molecular flexibility index (Phi) is 4.16. The molecule has 0 atom stereocenters. The summed E-state index contributed by atoms with van der Waals surface area (Å²) in [4.78, 5) is 17.0. The van der Waals surface area contributed by atoms with Crippen LogP contribution in [-0.4, -0.2) is 23.1 Å². The molecule has 0 fully saturated rings. The van der Waals surface area contributed by atoms with E-state index in [2.05, 4.69) is 20.9 Å². The fourth-order valence-electron chi connectivity index (χ4n) is 1.75. The number of nitrogens with zero attached hydrogens (tertiary/aromatic N) is 2. The monoisotopic (exact) mass is 320 g/mol. The molecule has 19 heavy (non-hydrogen) atoms. The first-order valence-corrected chi connectivity index (χ1v) is 6.50. The van der Waals surface area contributed by atoms with Crippen LogP contribution in [0.3, 0.4) is 0 Å². The highest BCUT2D eigenvalue weighted by Gasteiger charge is 2.08. The standard InChI is InChI=1S/C14H13BrN2O2/c1-17(9-10-3-2-4-12(15)7-10)13-8-11(14(18)19)5-6-16-13/h2-8H,9H2,1H3,(H,18,19). The van der Waals surface area contributed by atoms with E-state index in [9.17, 15) is 4.79 Å². The summed E-state index contributed by atoms with van der Waals surface area (Å²) in [5.41, 5.74) is 1.37. The van der Waals surface area contributed by atoms with Crippen LogP contribution in [0.25, 0.3) is 0 Å². The van der Waals surface area contributed by atoms with E-state index in [0.29, 0.717) is 12.4 Å². The minimum absolute atomic E-state index is 0.242. The quantitative estimate of drug-likeness (QED) is 0.940. The van der Waals surface area contributed by atoms with Gasteiger partial charge in [0, 0.05) is 24.3 Å². The molecule has 2 aromatic rings. The second-order valence-corrected chi connectivity index (χ2v) is 5.11. The summed E-state index contributed by atoms with van der Waals surface area (Å²) in [5, 5.41) is 8.96. The summed E-state index contributed by atoms with van der Waals surface area (Å²) in [5.74, 6) is -0.306. The lowest BCUT2D eigenvalue weighted by Crippen LogP contribution is -2.18. The fraction of sp³-hybridized carbons (Fsp3) is 0.143. The van der Waals surface area contributed by atoms with E-state index >= 15 is 0 Å². The molecule has 98 valence electrons. The van der Waals surface area contributed by atoms with Crippen molar-refractivity contribution in [3.8, 4) is 0 Å². The summed E-state index contributed by atoms with van der Waals surface area (Å²) < 4.78 is 1.02. The van der Waals surface area contributed by atoms with Crippen molar-refractivity contribution in [2.45, 2.75) is 6.54 Å². The number of hydrogen-bond donors (Lipinski definition) is 1. The van der Waals surface area contributed by atoms with Gasteiger partial charge in [0.15, 0.2) is 0 Å². The molecule has 0 aliphatic rings. The first-order valence-electron chi connectivity index (χ1n) is 5.71. The van der Waals surface area contributed by atoms with Crippen LogP contribution < -0.4 is 4.90 Å². The maximum absolute atomic E-state index is 10.9. The number of halogens is 1. The largest absolute Gasteiger partial charge is 0.478 e. The molecule has 0 saturated carbocycles. The number of rotatable bonds is 4. The van der Waals surface area contributed by atoms with Gasteiger partial charge in [-0.2, -0.15) is 0 Å². The lowest BCUT2D eigenvalue weighted by molar-refractivity contribution is 0.0697. The predicted molar refractivity (Wildman–Crippen MR) is 77.4 cm³/mol. The average molecular weight is 321 g/mol. The molecule has 0 aliphatic carbocycles. The van der Waals surface area contributed by atoms with Gasteiger partial charge in [0.1, 0.15) is 5.82 Å². The number of aromatic nitrogens is 1. The highest BCUT2D eigenvalue weighted by molar-refractivity contribution is 9.10. The van der Waals surface area contributed by atoms with Gasteiger partial charge in [-0.3, -0.25) is 0 Å². The van der Waals surface area contributed by atoms with Gasteiger partial charge in [-0.1, -0.05) is 28.1 Å². The number of aromatic carboxylic acids is 1. The van der Waals surface area contributed by atoms with E-state index in [4.69, 9.17) is 5.11 Å². The Hall–Kier alpha value is -1.88. The van der Waals surface area contributed by atoms with Gasteiger partial charge >= 0.3 is 5.97 Å². The Bertz CT molecular complexity index is 602. The van der Waals surface area contributed by atoms with Crippen LogP contribution in [-0.2, 0) is 6.54 Å². The zero-order valence-corrected chi connectivity index (χ0v) is 12.0. The van der Waals surface area contributed by atoms with E-state index < -0.39 is 5.97 Å². The summed E-state index contributed by atoms with van der Waals surface area (Å²) in [6.07, 6.45) is 1.51. The molecule has 0 amide bonds. The van der Waals surface area contributed by atoms with Crippen molar-refractivity contribution in [2.24, 2.45) is 0 Å². The maximum Gasteiger partial charge on any atom is 0.335 e. The third-order valence-corrected chi connectivity index (χ3v) is 3.19. The average Bonchev–Trinajstić information content (AvgIpc) is 2.39. The van der Waals surface area contributed by atoms with Crippen LogP contribution >= 0.6 is 15.9 Å². The Morgan fingerprint density at radius 2 is 2.16 bits per heavy atom. The molecule has 0 spiro atoms. The molecule has 0 aliphatic heterocycles. The molecule has 1 N–H and O–H groups in total. The molecule has 0 bridgehead atoms. The highest BCUT2D eigenvalue weighted by Crippen LogP contribution is 2.17. The van der Waals surface area contributed by atoms with Crippen LogP contribution in [0.5, 0.6) is 0 Å². The van der Waals surface area contributed by atoms with Gasteiger partial charge in [0.05, 0.1) is 5.56 Å². The van der Waals surface area contributed by atoms with Crippen LogP contribution in [0.15, 0.2) is 47.1 Å². The molecule has 1 aromatic heterocycles. The summed E-state index contributed by atoms with van der Waals surface area (Å²) in [6.45, 7) is 0.662. The molecule has 0 saturated heterocycles. The zero-order chi connectivity index (χ0) is 13.8.